The smallest absolute Gasteiger partial charge is 0.197 e. The van der Waals surface area contributed by atoms with Gasteiger partial charge in [-0.3, -0.25) is 14.8 Å². The summed E-state index contributed by atoms with van der Waals surface area (Å²) in [6, 6.07) is 3.59. The Labute approximate surface area is 86.8 Å². The normalized spacial score (nSPS) is 12.5. The summed E-state index contributed by atoms with van der Waals surface area (Å²) in [4.78, 5) is 20.3. The van der Waals surface area contributed by atoms with E-state index in [2.05, 4.69) is 9.97 Å². The maximum absolute atomic E-state index is 12.0. The van der Waals surface area contributed by atoms with Crippen LogP contribution >= 0.6 is 0 Å². The van der Waals surface area contributed by atoms with Gasteiger partial charge in [-0.15, -0.1) is 0 Å². The van der Waals surface area contributed by atoms with Gasteiger partial charge in [-0.1, -0.05) is 0 Å². The van der Waals surface area contributed by atoms with E-state index in [1.54, 1.807) is 24.7 Å². The molecule has 0 atom stereocenters. The second-order valence-electron chi connectivity index (χ2n) is 3.61. The second kappa shape index (κ2) is 2.73. The monoisotopic (exact) mass is 196 g/mol. The zero-order valence-corrected chi connectivity index (χ0v) is 8.19. The van der Waals surface area contributed by atoms with Crippen LogP contribution in [-0.4, -0.2) is 15.8 Å². The zero-order chi connectivity index (χ0) is 10.4. The first kappa shape index (κ1) is 8.29. The number of carbonyl (C=O) groups is 1. The molecule has 0 radical (unpaired) electrons. The molecule has 2 aromatic rings. The van der Waals surface area contributed by atoms with Crippen molar-refractivity contribution in [1.82, 2.24) is 9.97 Å². The number of hydrogen-bond acceptors (Lipinski definition) is 3. The summed E-state index contributed by atoms with van der Waals surface area (Å²) in [5.41, 5.74) is 4.08. The van der Waals surface area contributed by atoms with Gasteiger partial charge in [0.05, 0.1) is 11.3 Å². The van der Waals surface area contributed by atoms with Crippen LogP contribution in [0.4, 0.5) is 0 Å². The van der Waals surface area contributed by atoms with Crippen molar-refractivity contribution in [2.75, 3.05) is 0 Å². The summed E-state index contributed by atoms with van der Waals surface area (Å²) in [7, 11) is 0. The van der Waals surface area contributed by atoms with Gasteiger partial charge in [-0.2, -0.15) is 0 Å². The number of ketones is 1. The molecule has 1 aliphatic carbocycles. The standard InChI is InChI=1S/C12H8N2O/c1-7-5-13-6-9-10(7)11-8(12(9)15)3-2-4-14-11/h2-6H,1H3. The molecule has 0 saturated heterocycles. The topological polar surface area (TPSA) is 42.9 Å². The van der Waals surface area contributed by atoms with E-state index in [4.69, 9.17) is 0 Å². The molecule has 0 aromatic carbocycles. The first-order chi connectivity index (χ1) is 7.29. The zero-order valence-electron chi connectivity index (χ0n) is 8.19. The minimum Gasteiger partial charge on any atom is -0.288 e. The molecular weight excluding hydrogens is 188 g/mol. The Balaban J connectivity index is 2.45. The maximum Gasteiger partial charge on any atom is 0.197 e. The molecule has 0 aliphatic heterocycles. The first-order valence-corrected chi connectivity index (χ1v) is 4.74. The van der Waals surface area contributed by atoms with E-state index in [1.807, 2.05) is 13.0 Å². The number of aryl methyl sites for hydroxylation is 1. The molecular formula is C12H8N2O. The molecule has 0 saturated carbocycles. The van der Waals surface area contributed by atoms with Crippen molar-refractivity contribution in [3.8, 4) is 11.3 Å². The summed E-state index contributed by atoms with van der Waals surface area (Å²) < 4.78 is 0. The maximum atomic E-state index is 12.0. The second-order valence-corrected chi connectivity index (χ2v) is 3.61. The molecule has 72 valence electrons. The lowest BCUT2D eigenvalue weighted by molar-refractivity contribution is 0.104. The van der Waals surface area contributed by atoms with Crippen LogP contribution < -0.4 is 0 Å². The summed E-state index contributed by atoms with van der Waals surface area (Å²) >= 11 is 0. The summed E-state index contributed by atoms with van der Waals surface area (Å²) in [5.74, 6) is 0.0318. The first-order valence-electron chi connectivity index (χ1n) is 4.74. The van der Waals surface area contributed by atoms with E-state index in [1.165, 1.54) is 0 Å². The van der Waals surface area contributed by atoms with E-state index >= 15 is 0 Å². The quantitative estimate of drug-likeness (QED) is 0.552. The lowest BCUT2D eigenvalue weighted by Gasteiger charge is -2.01. The number of fused-ring (bicyclic) bond motifs is 3. The minimum absolute atomic E-state index is 0.0318. The van der Waals surface area contributed by atoms with Gasteiger partial charge in [0.25, 0.3) is 0 Å². The van der Waals surface area contributed by atoms with E-state index in [-0.39, 0.29) is 5.78 Å². The molecule has 2 aromatic heterocycles. The summed E-state index contributed by atoms with van der Waals surface area (Å²) in [5, 5.41) is 0. The van der Waals surface area contributed by atoms with Gasteiger partial charge in [0.2, 0.25) is 0 Å². The van der Waals surface area contributed by atoms with Crippen LogP contribution in [0.5, 0.6) is 0 Å². The molecule has 2 heterocycles. The SMILES string of the molecule is Cc1cncc2c1-c1ncccc1C2=O. The van der Waals surface area contributed by atoms with Gasteiger partial charge in [-0.05, 0) is 24.6 Å². The molecule has 0 fully saturated rings. The van der Waals surface area contributed by atoms with Crippen molar-refractivity contribution >= 4 is 5.78 Å². The molecule has 0 unspecified atom stereocenters. The fraction of sp³-hybridized carbons (Fsp3) is 0.0833. The highest BCUT2D eigenvalue weighted by atomic mass is 16.1. The van der Waals surface area contributed by atoms with Crippen LogP contribution in [0.15, 0.2) is 30.7 Å². The largest absolute Gasteiger partial charge is 0.288 e. The van der Waals surface area contributed by atoms with Crippen LogP contribution in [0.1, 0.15) is 21.5 Å². The molecule has 3 rings (SSSR count). The van der Waals surface area contributed by atoms with Crippen molar-refractivity contribution in [1.29, 1.82) is 0 Å². The predicted octanol–water partition coefficient (Wildman–Crippen LogP) is 2.00. The van der Waals surface area contributed by atoms with Crippen LogP contribution in [0.3, 0.4) is 0 Å². The number of aromatic nitrogens is 2. The molecule has 3 nitrogen and oxygen atoms in total. The summed E-state index contributed by atoms with van der Waals surface area (Å²) in [6.07, 6.45) is 5.09. The molecule has 0 N–H and O–H groups in total. The molecule has 0 spiro atoms. The number of nitrogens with zero attached hydrogens (tertiary/aromatic N) is 2. The van der Waals surface area contributed by atoms with Crippen LogP contribution in [-0.2, 0) is 0 Å². The number of hydrogen-bond donors (Lipinski definition) is 0. The Morgan fingerprint density at radius 3 is 2.93 bits per heavy atom. The Hall–Kier alpha value is -2.03. The lowest BCUT2D eigenvalue weighted by atomic mass is 10.1. The van der Waals surface area contributed by atoms with Crippen molar-refractivity contribution in [2.24, 2.45) is 0 Å². The van der Waals surface area contributed by atoms with Crippen molar-refractivity contribution in [3.63, 3.8) is 0 Å². The van der Waals surface area contributed by atoms with Crippen LogP contribution in [0.2, 0.25) is 0 Å². The third-order valence-electron chi connectivity index (χ3n) is 2.67. The number of pyridine rings is 2. The Bertz CT molecular complexity index is 576. The number of rotatable bonds is 0. The van der Waals surface area contributed by atoms with E-state index in [0.29, 0.717) is 11.1 Å². The molecule has 0 amide bonds. The number of carbonyl (C=O) groups excluding carboxylic acids is 1. The van der Waals surface area contributed by atoms with E-state index < -0.39 is 0 Å². The third-order valence-corrected chi connectivity index (χ3v) is 2.67. The van der Waals surface area contributed by atoms with Crippen LogP contribution in [0, 0.1) is 6.92 Å². The molecule has 3 heteroatoms. The van der Waals surface area contributed by atoms with Gasteiger partial charge in [0.15, 0.2) is 5.78 Å². The predicted molar refractivity (Wildman–Crippen MR) is 55.6 cm³/mol. The van der Waals surface area contributed by atoms with Crippen molar-refractivity contribution in [2.45, 2.75) is 6.92 Å². The molecule has 15 heavy (non-hydrogen) atoms. The third kappa shape index (κ3) is 0.973. The van der Waals surface area contributed by atoms with Gasteiger partial charge in [0.1, 0.15) is 0 Å². The van der Waals surface area contributed by atoms with Gasteiger partial charge in [0, 0.05) is 29.7 Å². The molecule has 0 bridgehead atoms. The van der Waals surface area contributed by atoms with E-state index in [0.717, 1.165) is 16.8 Å². The Morgan fingerprint density at radius 2 is 2.07 bits per heavy atom. The lowest BCUT2D eigenvalue weighted by Crippen LogP contribution is -1.95. The van der Waals surface area contributed by atoms with Gasteiger partial charge >= 0.3 is 0 Å². The Morgan fingerprint density at radius 1 is 1.20 bits per heavy atom. The van der Waals surface area contributed by atoms with Gasteiger partial charge in [-0.25, -0.2) is 0 Å². The fourth-order valence-corrected chi connectivity index (χ4v) is 1.98. The van der Waals surface area contributed by atoms with Crippen LogP contribution in [0.25, 0.3) is 11.3 Å². The Kier molecular flexibility index (Phi) is 1.51. The average Bonchev–Trinajstić information content (AvgIpc) is 2.55. The van der Waals surface area contributed by atoms with Crippen molar-refractivity contribution in [3.05, 3.63) is 47.4 Å². The summed E-state index contributed by atoms with van der Waals surface area (Å²) in [6.45, 7) is 1.95. The van der Waals surface area contributed by atoms with E-state index in [9.17, 15) is 4.79 Å². The minimum atomic E-state index is 0.0318. The van der Waals surface area contributed by atoms with Crippen molar-refractivity contribution < 1.29 is 4.79 Å². The highest BCUT2D eigenvalue weighted by molar-refractivity contribution is 6.21. The van der Waals surface area contributed by atoms with Gasteiger partial charge < -0.3 is 0 Å². The molecule has 1 aliphatic rings. The highest BCUT2D eigenvalue weighted by Gasteiger charge is 2.28. The average molecular weight is 196 g/mol. The fourth-order valence-electron chi connectivity index (χ4n) is 1.98. The highest BCUT2D eigenvalue weighted by Crippen LogP contribution is 2.35.